The zero-order chi connectivity index (χ0) is 13.3. The predicted molar refractivity (Wildman–Crippen MR) is 75.9 cm³/mol. The van der Waals surface area contributed by atoms with E-state index < -0.39 is 0 Å². The molecule has 0 saturated carbocycles. The molecule has 108 valence electrons. The zero-order valence-corrected chi connectivity index (χ0v) is 12.1. The van der Waals surface area contributed by atoms with Crippen molar-refractivity contribution in [2.45, 2.75) is 45.1 Å². The van der Waals surface area contributed by atoms with Gasteiger partial charge in [0.2, 0.25) is 5.91 Å². The fraction of sp³-hybridized carbons (Fsp3) is 0.933. The van der Waals surface area contributed by atoms with Crippen LogP contribution < -0.4 is 10.6 Å². The fourth-order valence-corrected chi connectivity index (χ4v) is 4.07. The maximum absolute atomic E-state index is 12.7. The van der Waals surface area contributed by atoms with Gasteiger partial charge in [0.05, 0.1) is 5.41 Å². The van der Waals surface area contributed by atoms with Crippen LogP contribution in [-0.4, -0.2) is 49.6 Å². The third-order valence-electron chi connectivity index (χ3n) is 5.60. The second kappa shape index (κ2) is 5.41. The van der Waals surface area contributed by atoms with Gasteiger partial charge in [0.15, 0.2) is 0 Å². The largest absolute Gasteiger partial charge is 0.351 e. The Bertz CT molecular complexity index is 330. The molecule has 4 heteroatoms. The average Bonchev–Trinajstić information content (AvgIpc) is 2.49. The van der Waals surface area contributed by atoms with E-state index in [1.807, 2.05) is 0 Å². The van der Waals surface area contributed by atoms with Crippen LogP contribution in [0.5, 0.6) is 0 Å². The summed E-state index contributed by atoms with van der Waals surface area (Å²) in [6.45, 7) is 7.62. The first-order valence-electron chi connectivity index (χ1n) is 7.97. The van der Waals surface area contributed by atoms with E-state index in [4.69, 9.17) is 0 Å². The van der Waals surface area contributed by atoms with E-state index >= 15 is 0 Å². The Morgan fingerprint density at radius 1 is 1.42 bits per heavy atom. The van der Waals surface area contributed by atoms with Crippen LogP contribution in [0.1, 0.15) is 39.0 Å². The molecule has 2 unspecified atom stereocenters. The summed E-state index contributed by atoms with van der Waals surface area (Å²) in [4.78, 5) is 15.2. The predicted octanol–water partition coefficient (Wildman–Crippen LogP) is 0.977. The van der Waals surface area contributed by atoms with Crippen LogP contribution in [0, 0.1) is 11.3 Å². The molecule has 19 heavy (non-hydrogen) atoms. The van der Waals surface area contributed by atoms with E-state index in [0.29, 0.717) is 11.9 Å². The third-order valence-corrected chi connectivity index (χ3v) is 5.60. The van der Waals surface area contributed by atoms with Crippen LogP contribution in [0.15, 0.2) is 0 Å². The number of nitrogens with zero attached hydrogens (tertiary/aromatic N) is 1. The summed E-state index contributed by atoms with van der Waals surface area (Å²) in [5.74, 6) is 1.03. The highest BCUT2D eigenvalue weighted by Crippen LogP contribution is 2.32. The van der Waals surface area contributed by atoms with Crippen molar-refractivity contribution in [2.24, 2.45) is 11.3 Å². The lowest BCUT2D eigenvalue weighted by atomic mass is 9.76. The van der Waals surface area contributed by atoms with Gasteiger partial charge in [-0.15, -0.1) is 0 Å². The lowest BCUT2D eigenvalue weighted by Gasteiger charge is -2.46. The van der Waals surface area contributed by atoms with E-state index in [1.54, 1.807) is 0 Å². The van der Waals surface area contributed by atoms with Crippen LogP contribution in [0.2, 0.25) is 0 Å². The Morgan fingerprint density at radius 2 is 2.21 bits per heavy atom. The molecule has 4 aliphatic heterocycles. The summed E-state index contributed by atoms with van der Waals surface area (Å²) >= 11 is 0. The molecule has 0 aliphatic carbocycles. The van der Waals surface area contributed by atoms with Crippen LogP contribution in [0.3, 0.4) is 0 Å². The van der Waals surface area contributed by atoms with Gasteiger partial charge >= 0.3 is 0 Å². The first-order chi connectivity index (χ1) is 9.23. The normalized spacial score (nSPS) is 42.1. The number of hydrogen-bond donors (Lipinski definition) is 2. The van der Waals surface area contributed by atoms with Crippen molar-refractivity contribution in [3.05, 3.63) is 0 Å². The maximum atomic E-state index is 12.7. The van der Waals surface area contributed by atoms with E-state index in [-0.39, 0.29) is 5.41 Å². The zero-order valence-electron chi connectivity index (χ0n) is 12.1. The van der Waals surface area contributed by atoms with Crippen LogP contribution in [-0.2, 0) is 4.79 Å². The first kappa shape index (κ1) is 13.4. The minimum Gasteiger partial charge on any atom is -0.351 e. The summed E-state index contributed by atoms with van der Waals surface area (Å²) in [5, 5.41) is 6.80. The van der Waals surface area contributed by atoms with Gasteiger partial charge in [0.1, 0.15) is 0 Å². The summed E-state index contributed by atoms with van der Waals surface area (Å²) in [6, 6.07) is 0.403. The van der Waals surface area contributed by atoms with E-state index in [0.717, 1.165) is 44.8 Å². The molecule has 4 fully saturated rings. The Kier molecular flexibility index (Phi) is 3.81. The Morgan fingerprint density at radius 3 is 2.74 bits per heavy atom. The van der Waals surface area contributed by atoms with E-state index in [2.05, 4.69) is 22.5 Å². The quantitative estimate of drug-likeness (QED) is 0.799. The van der Waals surface area contributed by atoms with Crippen molar-refractivity contribution in [1.82, 2.24) is 15.5 Å². The number of fused-ring (bicyclic) bond motifs is 3. The molecule has 0 spiro atoms. The van der Waals surface area contributed by atoms with Crippen LogP contribution in [0.4, 0.5) is 0 Å². The lowest BCUT2D eigenvalue weighted by molar-refractivity contribution is -0.134. The van der Waals surface area contributed by atoms with Gasteiger partial charge in [-0.25, -0.2) is 0 Å². The molecule has 4 saturated heterocycles. The molecule has 4 nitrogen and oxygen atoms in total. The molecule has 0 aromatic heterocycles. The Balaban J connectivity index is 1.63. The Hall–Kier alpha value is -0.610. The number of rotatable bonds is 3. The number of carbonyl (C=O) groups excluding carboxylic acids is 1. The molecular weight excluding hydrogens is 238 g/mol. The van der Waals surface area contributed by atoms with Crippen molar-refractivity contribution < 1.29 is 4.79 Å². The summed E-state index contributed by atoms with van der Waals surface area (Å²) < 4.78 is 0. The van der Waals surface area contributed by atoms with Gasteiger partial charge in [0.25, 0.3) is 0 Å². The van der Waals surface area contributed by atoms with Gasteiger partial charge < -0.3 is 15.5 Å². The number of piperidine rings is 4. The highest BCUT2D eigenvalue weighted by Gasteiger charge is 2.41. The summed E-state index contributed by atoms with van der Waals surface area (Å²) in [6.07, 6.45) is 5.66. The van der Waals surface area contributed by atoms with Gasteiger partial charge in [-0.1, -0.05) is 6.92 Å². The molecule has 2 N–H and O–H groups in total. The molecule has 0 radical (unpaired) electrons. The summed E-state index contributed by atoms with van der Waals surface area (Å²) in [7, 11) is 0. The first-order valence-corrected chi connectivity index (χ1v) is 7.97. The van der Waals surface area contributed by atoms with Crippen molar-refractivity contribution in [3.63, 3.8) is 0 Å². The topological polar surface area (TPSA) is 44.4 Å². The number of hydrogen-bond acceptors (Lipinski definition) is 3. The van der Waals surface area contributed by atoms with Crippen molar-refractivity contribution in [2.75, 3.05) is 32.7 Å². The van der Waals surface area contributed by atoms with Crippen LogP contribution >= 0.6 is 0 Å². The second-order valence-electron chi connectivity index (χ2n) is 6.63. The molecule has 0 aromatic carbocycles. The molecular formula is C15H27N3O. The molecule has 2 bridgehead atoms. The SMILES string of the molecule is CCC1(C(=O)NC2CN3CCC2CC3)CCCNC1. The average molecular weight is 265 g/mol. The minimum absolute atomic E-state index is 0.149. The fourth-order valence-electron chi connectivity index (χ4n) is 4.07. The lowest BCUT2D eigenvalue weighted by Crippen LogP contribution is -2.60. The summed E-state index contributed by atoms with van der Waals surface area (Å²) in [5.41, 5.74) is -0.149. The third kappa shape index (κ3) is 2.52. The van der Waals surface area contributed by atoms with Gasteiger partial charge in [0, 0.05) is 19.1 Å². The number of carbonyl (C=O) groups is 1. The molecule has 4 rings (SSSR count). The monoisotopic (exact) mass is 265 g/mol. The highest BCUT2D eigenvalue weighted by atomic mass is 16.2. The molecule has 0 aromatic rings. The van der Waals surface area contributed by atoms with Gasteiger partial charge in [-0.05, 0) is 57.7 Å². The molecule has 4 heterocycles. The standard InChI is InChI=1S/C15H27N3O/c1-2-15(6-3-7-16-11-15)14(19)17-13-10-18-8-4-12(13)5-9-18/h12-13,16H,2-11H2,1H3,(H,17,19). The maximum Gasteiger partial charge on any atom is 0.227 e. The van der Waals surface area contributed by atoms with Gasteiger partial charge in [-0.2, -0.15) is 0 Å². The smallest absolute Gasteiger partial charge is 0.227 e. The minimum atomic E-state index is -0.149. The number of nitrogens with one attached hydrogen (secondary N) is 2. The van der Waals surface area contributed by atoms with Crippen molar-refractivity contribution >= 4 is 5.91 Å². The van der Waals surface area contributed by atoms with Gasteiger partial charge in [-0.3, -0.25) is 4.79 Å². The van der Waals surface area contributed by atoms with Crippen LogP contribution in [0.25, 0.3) is 0 Å². The van der Waals surface area contributed by atoms with E-state index in [1.165, 1.54) is 25.9 Å². The molecule has 2 atom stereocenters. The number of amides is 1. The van der Waals surface area contributed by atoms with Crippen molar-refractivity contribution in [1.29, 1.82) is 0 Å². The van der Waals surface area contributed by atoms with E-state index in [9.17, 15) is 4.79 Å². The highest BCUT2D eigenvalue weighted by molar-refractivity contribution is 5.83. The Labute approximate surface area is 116 Å². The van der Waals surface area contributed by atoms with Crippen molar-refractivity contribution in [3.8, 4) is 0 Å². The molecule has 1 amide bonds. The second-order valence-corrected chi connectivity index (χ2v) is 6.63. The molecule has 4 aliphatic rings.